The predicted molar refractivity (Wildman–Crippen MR) is 167 cm³/mol. The summed E-state index contributed by atoms with van der Waals surface area (Å²) in [5.41, 5.74) is 6.08. The molecule has 1 aromatic heterocycles. The largest absolute Gasteiger partial charge is 0.493 e. The molecular formula is C37H37N2O4+. The van der Waals surface area contributed by atoms with Gasteiger partial charge in [0.15, 0.2) is 11.5 Å². The summed E-state index contributed by atoms with van der Waals surface area (Å²) < 4.78 is 24.7. The van der Waals surface area contributed by atoms with Gasteiger partial charge in [0.05, 0.1) is 20.7 Å². The van der Waals surface area contributed by atoms with Crippen LogP contribution in [0.15, 0.2) is 115 Å². The lowest BCUT2D eigenvalue weighted by molar-refractivity contribution is -0.937. The van der Waals surface area contributed by atoms with Crippen molar-refractivity contribution in [3.63, 3.8) is 0 Å². The molecule has 2 heterocycles. The van der Waals surface area contributed by atoms with Crippen molar-refractivity contribution in [3.05, 3.63) is 143 Å². The van der Waals surface area contributed by atoms with Crippen LogP contribution in [0, 0.1) is 0 Å². The molecule has 0 bridgehead atoms. The average molecular weight is 574 g/mol. The van der Waals surface area contributed by atoms with Crippen molar-refractivity contribution in [2.75, 3.05) is 20.7 Å². The second-order valence-corrected chi connectivity index (χ2v) is 11.3. The van der Waals surface area contributed by atoms with Gasteiger partial charge in [-0.2, -0.15) is 0 Å². The van der Waals surface area contributed by atoms with Crippen molar-refractivity contribution in [2.24, 2.45) is 0 Å². The SMILES string of the molecule is COc1cc2c(cc1OCc1ccccc1)C[N+](C)(Cc1ccc(Oc3ccc(OCc4ccccc4)cc3)nc1)CC2. The average Bonchev–Trinajstić information content (AvgIpc) is 3.05. The van der Waals surface area contributed by atoms with Gasteiger partial charge in [-0.15, -0.1) is 0 Å². The van der Waals surface area contributed by atoms with Gasteiger partial charge >= 0.3 is 0 Å². The first kappa shape index (κ1) is 28.3. The summed E-state index contributed by atoms with van der Waals surface area (Å²) in [7, 11) is 4.01. The second-order valence-electron chi connectivity index (χ2n) is 11.3. The van der Waals surface area contributed by atoms with Crippen molar-refractivity contribution in [1.29, 1.82) is 0 Å². The van der Waals surface area contributed by atoms with Gasteiger partial charge in [0.25, 0.3) is 0 Å². The number of quaternary nitrogens is 1. The number of ether oxygens (including phenoxy) is 4. The van der Waals surface area contributed by atoms with Crippen LogP contribution in [0.3, 0.4) is 0 Å². The first-order valence-electron chi connectivity index (χ1n) is 14.6. The van der Waals surface area contributed by atoms with E-state index in [9.17, 15) is 0 Å². The van der Waals surface area contributed by atoms with Gasteiger partial charge in [-0.3, -0.25) is 0 Å². The number of hydrogen-bond acceptors (Lipinski definition) is 5. The molecule has 5 aromatic rings. The normalized spacial score (nSPS) is 15.8. The number of benzene rings is 4. The molecule has 6 nitrogen and oxygen atoms in total. The van der Waals surface area contributed by atoms with Gasteiger partial charge in [-0.25, -0.2) is 4.98 Å². The number of fused-ring (bicyclic) bond motifs is 1. The first-order valence-corrected chi connectivity index (χ1v) is 14.6. The maximum atomic E-state index is 6.20. The van der Waals surface area contributed by atoms with Gasteiger partial charge in [-0.05, 0) is 59.2 Å². The molecule has 1 aliphatic heterocycles. The number of rotatable bonds is 11. The first-order chi connectivity index (χ1) is 21.0. The molecule has 1 aliphatic rings. The van der Waals surface area contributed by atoms with E-state index < -0.39 is 0 Å². The third-order valence-corrected chi connectivity index (χ3v) is 7.85. The van der Waals surface area contributed by atoms with Crippen LogP contribution in [-0.4, -0.2) is 30.2 Å². The van der Waals surface area contributed by atoms with Gasteiger partial charge in [0.1, 0.15) is 37.8 Å². The van der Waals surface area contributed by atoms with Gasteiger partial charge in [0.2, 0.25) is 5.88 Å². The molecule has 0 fully saturated rings. The molecule has 1 unspecified atom stereocenters. The fourth-order valence-electron chi connectivity index (χ4n) is 5.52. The van der Waals surface area contributed by atoms with Crippen LogP contribution in [0.2, 0.25) is 0 Å². The maximum Gasteiger partial charge on any atom is 0.219 e. The zero-order valence-corrected chi connectivity index (χ0v) is 24.7. The molecule has 43 heavy (non-hydrogen) atoms. The molecule has 0 saturated carbocycles. The van der Waals surface area contributed by atoms with Crippen molar-refractivity contribution >= 4 is 0 Å². The lowest BCUT2D eigenvalue weighted by atomic mass is 9.96. The number of likely N-dealkylation sites (N-methyl/N-ethyl adjacent to an activating group) is 1. The molecule has 0 saturated heterocycles. The highest BCUT2D eigenvalue weighted by atomic mass is 16.5. The van der Waals surface area contributed by atoms with E-state index in [1.54, 1.807) is 7.11 Å². The summed E-state index contributed by atoms with van der Waals surface area (Å²) in [6.45, 7) is 3.88. The number of hydrogen-bond donors (Lipinski definition) is 0. The van der Waals surface area contributed by atoms with Crippen LogP contribution in [0.25, 0.3) is 0 Å². The summed E-state index contributed by atoms with van der Waals surface area (Å²) in [6, 6.07) is 36.3. The van der Waals surface area contributed by atoms with Crippen LogP contribution in [-0.2, 0) is 32.7 Å². The Bertz CT molecular complexity index is 1620. The third-order valence-electron chi connectivity index (χ3n) is 7.85. The van der Waals surface area contributed by atoms with Crippen molar-refractivity contribution in [3.8, 4) is 28.9 Å². The van der Waals surface area contributed by atoms with Crippen LogP contribution in [0.1, 0.15) is 27.8 Å². The smallest absolute Gasteiger partial charge is 0.219 e. The van der Waals surface area contributed by atoms with Crippen molar-refractivity contribution in [1.82, 2.24) is 4.98 Å². The summed E-state index contributed by atoms with van der Waals surface area (Å²) in [5.74, 6) is 3.67. The number of methoxy groups -OCH3 is 1. The van der Waals surface area contributed by atoms with Crippen LogP contribution >= 0.6 is 0 Å². The lowest BCUT2D eigenvalue weighted by Gasteiger charge is -2.39. The Balaban J connectivity index is 1.06. The molecule has 6 rings (SSSR count). The van der Waals surface area contributed by atoms with E-state index in [0.29, 0.717) is 19.1 Å². The van der Waals surface area contributed by atoms with Gasteiger partial charge < -0.3 is 23.4 Å². The van der Waals surface area contributed by atoms with E-state index in [1.807, 2.05) is 72.9 Å². The highest BCUT2D eigenvalue weighted by Gasteiger charge is 2.30. The van der Waals surface area contributed by atoms with E-state index in [-0.39, 0.29) is 0 Å². The zero-order valence-electron chi connectivity index (χ0n) is 24.7. The second kappa shape index (κ2) is 13.0. The Kier molecular flexibility index (Phi) is 8.57. The van der Waals surface area contributed by atoms with Crippen molar-refractivity contribution in [2.45, 2.75) is 32.7 Å². The Morgan fingerprint density at radius 1 is 0.674 bits per heavy atom. The molecule has 0 aliphatic carbocycles. The summed E-state index contributed by atoms with van der Waals surface area (Å²) in [4.78, 5) is 4.60. The third kappa shape index (κ3) is 7.34. The molecule has 0 N–H and O–H groups in total. The summed E-state index contributed by atoms with van der Waals surface area (Å²) in [5, 5.41) is 0. The van der Waals surface area contributed by atoms with E-state index in [2.05, 4.69) is 54.5 Å². The Hall–Kier alpha value is -4.81. The maximum absolute atomic E-state index is 6.20. The van der Waals surface area contributed by atoms with Crippen molar-refractivity contribution < 1.29 is 23.4 Å². The van der Waals surface area contributed by atoms with Gasteiger partial charge in [-0.1, -0.05) is 60.7 Å². The Morgan fingerprint density at radius 3 is 1.98 bits per heavy atom. The van der Waals surface area contributed by atoms with Crippen LogP contribution < -0.4 is 18.9 Å². The molecule has 1 atom stereocenters. The highest BCUT2D eigenvalue weighted by Crippen LogP contribution is 2.36. The fourth-order valence-corrected chi connectivity index (χ4v) is 5.52. The minimum Gasteiger partial charge on any atom is -0.493 e. The topological polar surface area (TPSA) is 49.8 Å². The molecular weight excluding hydrogens is 536 g/mol. The van der Waals surface area contributed by atoms with Crippen LogP contribution in [0.5, 0.6) is 28.9 Å². The molecule has 4 aromatic carbocycles. The van der Waals surface area contributed by atoms with E-state index in [1.165, 1.54) is 16.7 Å². The number of aromatic nitrogens is 1. The quantitative estimate of drug-likeness (QED) is 0.151. The lowest BCUT2D eigenvalue weighted by Crippen LogP contribution is -2.46. The minimum absolute atomic E-state index is 0.508. The van der Waals surface area contributed by atoms with Gasteiger partial charge in [0, 0.05) is 29.8 Å². The fraction of sp³-hybridized carbons (Fsp3) is 0.216. The van der Waals surface area contributed by atoms with E-state index >= 15 is 0 Å². The summed E-state index contributed by atoms with van der Waals surface area (Å²) in [6.07, 6.45) is 2.91. The summed E-state index contributed by atoms with van der Waals surface area (Å²) >= 11 is 0. The standard InChI is InChI=1S/C37H37N2O4/c1-39(20-19-31-21-35(40-2)36(22-32(31)25-39)42-27-29-11-7-4-8-12-29)24-30-13-18-37(38-23-30)43-34-16-14-33(15-17-34)41-26-28-9-5-3-6-10-28/h3-18,21-23H,19-20,24-27H2,1-2H3/q+1. The minimum atomic E-state index is 0.508. The Labute approximate surface area is 253 Å². The molecule has 6 heteroatoms. The molecule has 218 valence electrons. The predicted octanol–water partition coefficient (Wildman–Crippen LogP) is 7.74. The zero-order chi connectivity index (χ0) is 29.5. The van der Waals surface area contributed by atoms with Crippen LogP contribution in [0.4, 0.5) is 0 Å². The molecule has 0 radical (unpaired) electrons. The molecule has 0 spiro atoms. The number of pyridine rings is 1. The highest BCUT2D eigenvalue weighted by molar-refractivity contribution is 5.48. The molecule has 0 amide bonds. The van der Waals surface area contributed by atoms with E-state index in [0.717, 1.165) is 64.7 Å². The Morgan fingerprint density at radius 2 is 1.33 bits per heavy atom. The number of nitrogens with zero attached hydrogens (tertiary/aromatic N) is 2. The monoisotopic (exact) mass is 573 g/mol. The van der Waals surface area contributed by atoms with E-state index in [4.69, 9.17) is 18.9 Å².